The summed E-state index contributed by atoms with van der Waals surface area (Å²) in [5.74, 6) is -0.556. The van der Waals surface area contributed by atoms with Crippen LogP contribution in [0.15, 0.2) is 0 Å². The fourth-order valence-corrected chi connectivity index (χ4v) is 1.49. The lowest BCUT2D eigenvalue weighted by Gasteiger charge is -2.16. The van der Waals surface area contributed by atoms with E-state index in [1.807, 2.05) is 0 Å². The average molecular weight is 244 g/mol. The minimum Gasteiger partial charge on any atom is -0.480 e. The minimum atomic E-state index is -1.03. The largest absolute Gasteiger partial charge is 0.480 e. The van der Waals surface area contributed by atoms with Gasteiger partial charge in [-0.25, -0.2) is 4.79 Å². The van der Waals surface area contributed by atoms with Gasteiger partial charge in [-0.15, -0.1) is 0 Å². The molecule has 0 saturated heterocycles. The molecule has 2 amide bonds. The zero-order valence-electron chi connectivity index (χ0n) is 11.0. The van der Waals surface area contributed by atoms with E-state index in [1.165, 1.54) is 6.92 Å². The highest BCUT2D eigenvalue weighted by Crippen LogP contribution is 2.10. The van der Waals surface area contributed by atoms with Crippen LogP contribution in [0.5, 0.6) is 0 Å². The van der Waals surface area contributed by atoms with Gasteiger partial charge in [-0.2, -0.15) is 0 Å². The van der Waals surface area contributed by atoms with E-state index in [9.17, 15) is 9.59 Å². The van der Waals surface area contributed by atoms with Crippen LogP contribution in [0.1, 0.15) is 46.5 Å². The summed E-state index contributed by atoms with van der Waals surface area (Å²) in [5.41, 5.74) is 0. The third-order valence-corrected chi connectivity index (χ3v) is 2.81. The van der Waals surface area contributed by atoms with Crippen LogP contribution in [0, 0.1) is 5.92 Å². The molecule has 0 saturated carbocycles. The molecule has 5 nitrogen and oxygen atoms in total. The Labute approximate surface area is 103 Å². The summed E-state index contributed by atoms with van der Waals surface area (Å²) in [6.07, 6.45) is 4.43. The Kier molecular flexibility index (Phi) is 8.19. The van der Waals surface area contributed by atoms with Crippen molar-refractivity contribution in [1.29, 1.82) is 0 Å². The van der Waals surface area contributed by atoms with Gasteiger partial charge in [0.05, 0.1) is 0 Å². The number of carbonyl (C=O) groups is 2. The summed E-state index contributed by atoms with van der Waals surface area (Å²) in [4.78, 5) is 21.9. The SMILES string of the molecule is CCCCC(CC)CNC(=O)N[C@H](C)C(=O)O. The van der Waals surface area contributed by atoms with Crippen LogP contribution >= 0.6 is 0 Å². The van der Waals surface area contributed by atoms with E-state index in [2.05, 4.69) is 24.5 Å². The van der Waals surface area contributed by atoms with Crippen LogP contribution in [0.3, 0.4) is 0 Å². The van der Waals surface area contributed by atoms with Crippen LogP contribution in [0.4, 0.5) is 4.79 Å². The molecule has 0 aliphatic rings. The van der Waals surface area contributed by atoms with Gasteiger partial charge in [0.1, 0.15) is 6.04 Å². The van der Waals surface area contributed by atoms with Crippen LogP contribution < -0.4 is 10.6 Å². The molecular formula is C12H24N2O3. The quantitative estimate of drug-likeness (QED) is 0.611. The maximum atomic E-state index is 11.4. The normalized spacial score (nSPS) is 13.8. The molecule has 17 heavy (non-hydrogen) atoms. The molecule has 0 fully saturated rings. The molecule has 0 aliphatic carbocycles. The number of urea groups is 1. The van der Waals surface area contributed by atoms with Crippen molar-refractivity contribution in [2.45, 2.75) is 52.5 Å². The molecule has 0 rings (SSSR count). The molecule has 0 aromatic rings. The standard InChI is InChI=1S/C12H24N2O3/c1-4-6-7-10(5-2)8-13-12(17)14-9(3)11(15)16/h9-10H,4-8H2,1-3H3,(H,15,16)(H2,13,14,17)/t9-,10?/m1/s1. The van der Waals surface area contributed by atoms with Crippen LogP contribution in [0.25, 0.3) is 0 Å². The van der Waals surface area contributed by atoms with Gasteiger partial charge in [-0.1, -0.05) is 33.1 Å². The number of aliphatic carboxylic acids is 1. The maximum absolute atomic E-state index is 11.4. The van der Waals surface area contributed by atoms with Crippen molar-refractivity contribution >= 4 is 12.0 Å². The van der Waals surface area contributed by atoms with Gasteiger partial charge >= 0.3 is 12.0 Å². The number of carboxylic acids is 1. The van der Waals surface area contributed by atoms with Gasteiger partial charge in [-0.3, -0.25) is 4.79 Å². The van der Waals surface area contributed by atoms with E-state index >= 15 is 0 Å². The molecule has 0 bridgehead atoms. The van der Waals surface area contributed by atoms with Crippen LogP contribution in [-0.2, 0) is 4.79 Å². The van der Waals surface area contributed by atoms with Crippen molar-refractivity contribution in [3.05, 3.63) is 0 Å². The molecule has 3 N–H and O–H groups in total. The van der Waals surface area contributed by atoms with Gasteiger partial charge in [0.15, 0.2) is 0 Å². The first-order valence-electron chi connectivity index (χ1n) is 6.28. The molecular weight excluding hydrogens is 220 g/mol. The van der Waals surface area contributed by atoms with Crippen molar-refractivity contribution in [1.82, 2.24) is 10.6 Å². The smallest absolute Gasteiger partial charge is 0.325 e. The van der Waals surface area contributed by atoms with Gasteiger partial charge in [-0.05, 0) is 19.3 Å². The number of hydrogen-bond donors (Lipinski definition) is 3. The molecule has 1 unspecified atom stereocenters. The number of rotatable bonds is 8. The first kappa shape index (κ1) is 15.7. The maximum Gasteiger partial charge on any atom is 0.325 e. The third-order valence-electron chi connectivity index (χ3n) is 2.81. The second-order valence-electron chi connectivity index (χ2n) is 4.33. The second-order valence-corrected chi connectivity index (χ2v) is 4.33. The third kappa shape index (κ3) is 7.60. The number of amides is 2. The number of nitrogens with one attached hydrogen (secondary N) is 2. The van der Waals surface area contributed by atoms with Crippen molar-refractivity contribution < 1.29 is 14.7 Å². The molecule has 0 spiro atoms. The highest BCUT2D eigenvalue weighted by atomic mass is 16.4. The predicted octanol–water partition coefficient (Wildman–Crippen LogP) is 1.98. The van der Waals surface area contributed by atoms with Crippen molar-refractivity contribution in [3.63, 3.8) is 0 Å². The van der Waals surface area contributed by atoms with Crippen molar-refractivity contribution in [2.24, 2.45) is 5.92 Å². The van der Waals surface area contributed by atoms with E-state index in [0.29, 0.717) is 12.5 Å². The van der Waals surface area contributed by atoms with Crippen LogP contribution in [0.2, 0.25) is 0 Å². The molecule has 5 heteroatoms. The Morgan fingerprint density at radius 1 is 1.29 bits per heavy atom. The van der Waals surface area contributed by atoms with Crippen molar-refractivity contribution in [2.75, 3.05) is 6.54 Å². The van der Waals surface area contributed by atoms with Gasteiger partial charge in [0.25, 0.3) is 0 Å². The van der Waals surface area contributed by atoms with Crippen LogP contribution in [-0.4, -0.2) is 29.7 Å². The summed E-state index contributed by atoms with van der Waals surface area (Å²) < 4.78 is 0. The van der Waals surface area contributed by atoms with Gasteiger partial charge < -0.3 is 15.7 Å². The fourth-order valence-electron chi connectivity index (χ4n) is 1.49. The number of carboxylic acid groups (broad SMARTS) is 1. The van der Waals surface area contributed by atoms with E-state index in [1.54, 1.807) is 0 Å². The Hall–Kier alpha value is -1.26. The first-order valence-corrected chi connectivity index (χ1v) is 6.28. The summed E-state index contributed by atoms with van der Waals surface area (Å²) in [5, 5.41) is 13.7. The van der Waals surface area contributed by atoms with E-state index in [-0.39, 0.29) is 0 Å². The number of carbonyl (C=O) groups excluding carboxylic acids is 1. The first-order chi connectivity index (χ1) is 8.01. The Balaban J connectivity index is 3.84. The summed E-state index contributed by atoms with van der Waals surface area (Å²) in [6.45, 7) is 6.28. The average Bonchev–Trinajstić information content (AvgIpc) is 2.29. The van der Waals surface area contributed by atoms with Gasteiger partial charge in [0, 0.05) is 6.54 Å². The highest BCUT2D eigenvalue weighted by molar-refractivity contribution is 5.82. The molecule has 0 aromatic carbocycles. The predicted molar refractivity (Wildman–Crippen MR) is 66.9 cm³/mol. The van der Waals surface area contributed by atoms with E-state index in [4.69, 9.17) is 5.11 Å². The number of unbranched alkanes of at least 4 members (excludes halogenated alkanes) is 1. The zero-order valence-corrected chi connectivity index (χ0v) is 11.0. The lowest BCUT2D eigenvalue weighted by atomic mass is 9.99. The summed E-state index contributed by atoms with van der Waals surface area (Å²) >= 11 is 0. The molecule has 2 atom stereocenters. The van der Waals surface area contributed by atoms with Crippen molar-refractivity contribution in [3.8, 4) is 0 Å². The zero-order chi connectivity index (χ0) is 13.3. The highest BCUT2D eigenvalue weighted by Gasteiger charge is 2.14. The monoisotopic (exact) mass is 244 g/mol. The Bertz CT molecular complexity index is 244. The molecule has 100 valence electrons. The summed E-state index contributed by atoms with van der Waals surface area (Å²) in [6, 6.07) is -1.26. The minimum absolute atomic E-state index is 0.408. The lowest BCUT2D eigenvalue weighted by molar-refractivity contribution is -0.138. The Morgan fingerprint density at radius 2 is 1.94 bits per heavy atom. The van der Waals surface area contributed by atoms with Gasteiger partial charge in [0.2, 0.25) is 0 Å². The number of hydrogen-bond acceptors (Lipinski definition) is 2. The Morgan fingerprint density at radius 3 is 2.41 bits per heavy atom. The molecule has 0 aromatic heterocycles. The van der Waals surface area contributed by atoms with E-state index < -0.39 is 18.0 Å². The summed E-state index contributed by atoms with van der Waals surface area (Å²) in [7, 11) is 0. The molecule has 0 aliphatic heterocycles. The topological polar surface area (TPSA) is 78.4 Å². The fraction of sp³-hybridized carbons (Fsp3) is 0.833. The second kappa shape index (κ2) is 8.84. The van der Waals surface area contributed by atoms with E-state index in [0.717, 1.165) is 25.7 Å². The lowest BCUT2D eigenvalue weighted by Crippen LogP contribution is -2.45. The molecule has 0 radical (unpaired) electrons. The molecule has 0 heterocycles.